The van der Waals surface area contributed by atoms with Gasteiger partial charge in [-0.2, -0.15) is 0 Å². The fraction of sp³-hybridized carbons (Fsp3) is 0.415. The average molecular weight is 790 g/mol. The van der Waals surface area contributed by atoms with E-state index < -0.39 is 12.1 Å². The van der Waals surface area contributed by atoms with Crippen molar-refractivity contribution in [1.29, 1.82) is 0 Å². The van der Waals surface area contributed by atoms with Crippen molar-refractivity contribution in [3.05, 3.63) is 83.0 Å². The van der Waals surface area contributed by atoms with Crippen LogP contribution in [-0.2, 0) is 20.7 Å². The van der Waals surface area contributed by atoms with E-state index in [9.17, 15) is 9.18 Å². The molecule has 0 bridgehead atoms. The highest BCUT2D eigenvalue weighted by Gasteiger charge is 2.30. The van der Waals surface area contributed by atoms with Crippen LogP contribution in [0.2, 0.25) is 5.02 Å². The molecule has 290 valence electrons. The molecule has 0 amide bonds. The largest absolute Gasteiger partial charge is 0.475 e. The molecule has 0 N–H and O–H groups in total. The highest BCUT2D eigenvalue weighted by molar-refractivity contribution is 7.22. The molecule has 11 nitrogen and oxygen atoms in total. The van der Waals surface area contributed by atoms with Gasteiger partial charge in [0.1, 0.15) is 34.4 Å². The Morgan fingerprint density at radius 3 is 2.62 bits per heavy atom. The Kier molecular flexibility index (Phi) is 12.7. The number of carbonyl (C=O) groups is 1. The molecule has 0 radical (unpaired) electrons. The lowest BCUT2D eigenvalue weighted by atomic mass is 9.97. The lowest BCUT2D eigenvalue weighted by Gasteiger charge is -2.32. The third kappa shape index (κ3) is 9.19. The third-order valence-electron chi connectivity index (χ3n) is 9.88. The summed E-state index contributed by atoms with van der Waals surface area (Å²) < 4.78 is 44.5. The zero-order valence-corrected chi connectivity index (χ0v) is 32.8. The highest BCUT2D eigenvalue weighted by Crippen LogP contribution is 2.49. The number of hydrogen-bond donors (Lipinski definition) is 0. The van der Waals surface area contributed by atoms with Crippen molar-refractivity contribution in [2.75, 3.05) is 59.6 Å². The van der Waals surface area contributed by atoms with Gasteiger partial charge in [-0.15, -0.1) is 11.3 Å². The number of pyridine rings is 1. The number of esters is 1. The van der Waals surface area contributed by atoms with E-state index >= 15 is 0 Å². The number of hydrogen-bond acceptors (Lipinski definition) is 12. The van der Waals surface area contributed by atoms with Crippen molar-refractivity contribution in [1.82, 2.24) is 24.8 Å². The lowest BCUT2D eigenvalue weighted by Crippen LogP contribution is -2.45. The quantitative estimate of drug-likeness (QED) is 0.104. The van der Waals surface area contributed by atoms with E-state index in [2.05, 4.69) is 31.8 Å². The zero-order chi connectivity index (χ0) is 38.3. The Morgan fingerprint density at radius 1 is 1.05 bits per heavy atom. The fourth-order valence-electron chi connectivity index (χ4n) is 6.78. The Hall–Kier alpha value is -4.40. The van der Waals surface area contributed by atoms with Gasteiger partial charge in [-0.3, -0.25) is 4.90 Å². The number of fused-ring (bicyclic) bond motifs is 1. The second-order valence-corrected chi connectivity index (χ2v) is 15.0. The first kappa shape index (κ1) is 38.9. The van der Waals surface area contributed by atoms with Crippen molar-refractivity contribution >= 4 is 39.1 Å². The van der Waals surface area contributed by atoms with Gasteiger partial charge in [0.15, 0.2) is 6.29 Å². The van der Waals surface area contributed by atoms with Crippen LogP contribution in [0.4, 0.5) is 4.39 Å². The van der Waals surface area contributed by atoms with Gasteiger partial charge in [0.2, 0.25) is 17.9 Å². The van der Waals surface area contributed by atoms with E-state index in [1.54, 1.807) is 25.3 Å². The molecule has 2 atom stereocenters. The first-order valence-corrected chi connectivity index (χ1v) is 19.9. The molecule has 2 saturated heterocycles. The van der Waals surface area contributed by atoms with Crippen LogP contribution in [0.25, 0.3) is 31.8 Å². The van der Waals surface area contributed by atoms with E-state index in [1.165, 1.54) is 29.8 Å². The second kappa shape index (κ2) is 18.0. The highest BCUT2D eigenvalue weighted by atomic mass is 35.5. The van der Waals surface area contributed by atoms with E-state index in [0.717, 1.165) is 73.6 Å². The maximum Gasteiger partial charge on any atom is 0.347 e. The number of halogens is 2. The predicted octanol–water partition coefficient (Wildman–Crippen LogP) is 7.61. The summed E-state index contributed by atoms with van der Waals surface area (Å²) in [6, 6.07) is 13.8. The molecule has 2 fully saturated rings. The van der Waals surface area contributed by atoms with Crippen molar-refractivity contribution in [3.63, 3.8) is 0 Å². The monoisotopic (exact) mass is 789 g/mol. The number of likely N-dealkylation sites (N-methyl/N-ethyl adjacent to an activating group) is 1. The number of para-hydroxylation sites is 1. The van der Waals surface area contributed by atoms with Crippen LogP contribution in [0.1, 0.15) is 37.3 Å². The maximum absolute atomic E-state index is 14.2. The van der Waals surface area contributed by atoms with Gasteiger partial charge < -0.3 is 28.6 Å². The molecule has 2 aliphatic rings. The maximum atomic E-state index is 14.2. The minimum atomic E-state index is -1.09. The molecule has 5 aromatic rings. The van der Waals surface area contributed by atoms with E-state index in [1.807, 2.05) is 31.2 Å². The van der Waals surface area contributed by atoms with E-state index in [4.69, 9.17) is 35.3 Å². The molecule has 2 aliphatic heterocycles. The zero-order valence-electron chi connectivity index (χ0n) is 31.3. The summed E-state index contributed by atoms with van der Waals surface area (Å²) in [5, 5.41) is 0.938. The van der Waals surface area contributed by atoms with Crippen LogP contribution in [0, 0.1) is 12.7 Å². The molecule has 0 spiro atoms. The Bertz CT molecular complexity index is 2090. The summed E-state index contributed by atoms with van der Waals surface area (Å²) in [7, 11) is 2.13. The average Bonchev–Trinajstić information content (AvgIpc) is 3.59. The first-order valence-electron chi connectivity index (χ1n) is 18.7. The molecule has 14 heteroatoms. The number of benzene rings is 2. The fourth-order valence-corrected chi connectivity index (χ4v) is 8.14. The summed E-state index contributed by atoms with van der Waals surface area (Å²) in [5.74, 6) is 0.227. The summed E-state index contributed by atoms with van der Waals surface area (Å²) in [6.45, 7) is 9.67. The molecule has 0 aliphatic carbocycles. The molecule has 7 rings (SSSR count). The van der Waals surface area contributed by atoms with Gasteiger partial charge in [-0.1, -0.05) is 41.9 Å². The summed E-state index contributed by atoms with van der Waals surface area (Å²) in [6.07, 6.45) is 4.61. The second-order valence-electron chi connectivity index (χ2n) is 13.7. The van der Waals surface area contributed by atoms with Gasteiger partial charge in [0, 0.05) is 67.8 Å². The van der Waals surface area contributed by atoms with Crippen LogP contribution in [-0.4, -0.2) is 103 Å². The van der Waals surface area contributed by atoms with Crippen LogP contribution < -0.4 is 14.2 Å². The summed E-state index contributed by atoms with van der Waals surface area (Å²) in [4.78, 5) is 33.6. The minimum Gasteiger partial charge on any atom is -0.475 e. The van der Waals surface area contributed by atoms with Crippen LogP contribution in [0.5, 0.6) is 17.5 Å². The molecule has 2 aromatic carbocycles. The van der Waals surface area contributed by atoms with E-state index in [0.29, 0.717) is 51.2 Å². The van der Waals surface area contributed by atoms with Crippen LogP contribution in [0.3, 0.4) is 0 Å². The molecule has 55 heavy (non-hydrogen) atoms. The third-order valence-corrected chi connectivity index (χ3v) is 11.5. The van der Waals surface area contributed by atoms with Crippen LogP contribution >= 0.6 is 22.9 Å². The number of ether oxygens (including phenoxy) is 5. The lowest BCUT2D eigenvalue weighted by molar-refractivity contribution is -0.151. The molecule has 5 heterocycles. The summed E-state index contributed by atoms with van der Waals surface area (Å²) in [5.41, 5.74) is 3.63. The molecular weight excluding hydrogens is 745 g/mol. The van der Waals surface area contributed by atoms with Crippen molar-refractivity contribution in [2.24, 2.45) is 0 Å². The predicted molar refractivity (Wildman–Crippen MR) is 211 cm³/mol. The molecular formula is C41H45ClFN5O6S. The Balaban J connectivity index is 1.25. The van der Waals surface area contributed by atoms with Gasteiger partial charge in [-0.25, -0.2) is 24.1 Å². The normalized spacial score (nSPS) is 17.2. The molecule has 1 unspecified atom stereocenters. The number of aromatic nitrogens is 3. The number of rotatable bonds is 14. The Labute approximate surface area is 329 Å². The summed E-state index contributed by atoms with van der Waals surface area (Å²) >= 11 is 8.40. The molecule has 3 aromatic heterocycles. The van der Waals surface area contributed by atoms with Crippen LogP contribution in [0.15, 0.2) is 61.1 Å². The SMILES string of the molecule is CCOC(=O)[C@@H](Cc1ccccc1OC1CCCCO1)Oc1ncnc2sc(-c3ccc(F)cc3)c(-c3cnc(OCCN4CCN(C)CC4)c(Cl)c3C)c12. The molecule has 0 saturated carbocycles. The standard InChI is InChI=1S/C41H45ClFN5O6S/c1-4-50-41(49)32(23-28-9-5-6-10-31(28)53-33-11-7-8-21-51-33)54-38-35-34(37(55-40(35)46-25-45-38)27-12-14-29(43)15-13-27)30-24-44-39(36(42)26(30)2)52-22-20-48-18-16-47(3)17-19-48/h5-6,9-10,12-15,24-25,32-33H,4,7-8,11,16-23H2,1-3H3/t32-,33?/m1/s1. The van der Waals surface area contributed by atoms with Crippen molar-refractivity contribution in [3.8, 4) is 39.1 Å². The van der Waals surface area contributed by atoms with Gasteiger partial charge in [-0.05, 0) is 68.6 Å². The Morgan fingerprint density at radius 2 is 1.85 bits per heavy atom. The van der Waals surface area contributed by atoms with Gasteiger partial charge in [0.25, 0.3) is 0 Å². The van der Waals surface area contributed by atoms with Crippen molar-refractivity contribution < 1.29 is 32.9 Å². The van der Waals surface area contributed by atoms with Gasteiger partial charge in [0.05, 0.1) is 18.6 Å². The number of piperazine rings is 1. The minimum absolute atomic E-state index is 0.143. The van der Waals surface area contributed by atoms with E-state index in [-0.39, 0.29) is 31.0 Å². The topological polar surface area (TPSA) is 108 Å². The smallest absolute Gasteiger partial charge is 0.347 e. The van der Waals surface area contributed by atoms with Gasteiger partial charge >= 0.3 is 5.97 Å². The first-order chi connectivity index (χ1) is 26.8. The number of thiophene rings is 1. The number of carbonyl (C=O) groups excluding carboxylic acids is 1. The number of nitrogens with zero attached hydrogens (tertiary/aromatic N) is 5. The van der Waals surface area contributed by atoms with Crippen molar-refractivity contribution in [2.45, 2.75) is 51.9 Å².